The summed E-state index contributed by atoms with van der Waals surface area (Å²) in [6.07, 6.45) is -2.67. The minimum atomic E-state index is -4.37. The fourth-order valence-corrected chi connectivity index (χ4v) is 3.24. The summed E-state index contributed by atoms with van der Waals surface area (Å²) in [4.78, 5) is 15.9. The lowest BCUT2D eigenvalue weighted by Gasteiger charge is -2.34. The van der Waals surface area contributed by atoms with E-state index in [1.54, 1.807) is 17.0 Å². The molecule has 26 heavy (non-hydrogen) atoms. The van der Waals surface area contributed by atoms with Crippen LogP contribution >= 0.6 is 0 Å². The molecule has 0 aliphatic carbocycles. The van der Waals surface area contributed by atoms with E-state index in [1.807, 2.05) is 25.9 Å². The summed E-state index contributed by atoms with van der Waals surface area (Å²) < 4.78 is 40.3. The summed E-state index contributed by atoms with van der Waals surface area (Å²) in [5, 5.41) is 2.91. The van der Waals surface area contributed by atoms with Gasteiger partial charge in [0.25, 0.3) is 0 Å². The number of rotatable bonds is 6. The molecule has 1 N–H and O–H groups in total. The van der Waals surface area contributed by atoms with Gasteiger partial charge in [-0.3, -0.25) is 4.79 Å². The summed E-state index contributed by atoms with van der Waals surface area (Å²) in [5.41, 5.74) is 0.322. The number of anilines is 1. The first-order valence-corrected chi connectivity index (χ1v) is 9.10. The number of piperidine rings is 1. The molecule has 0 atom stereocenters. The van der Waals surface area contributed by atoms with Gasteiger partial charge in [-0.2, -0.15) is 13.2 Å². The summed E-state index contributed by atoms with van der Waals surface area (Å²) in [5.74, 6) is -0.124. The van der Waals surface area contributed by atoms with E-state index in [0.29, 0.717) is 44.5 Å². The Kier molecular flexibility index (Phi) is 6.92. The monoisotopic (exact) mass is 371 g/mol. The first-order valence-electron chi connectivity index (χ1n) is 9.10. The second kappa shape index (κ2) is 8.75. The second-order valence-electron chi connectivity index (χ2n) is 7.06. The number of hydrogen-bond acceptors (Lipinski definition) is 3. The Morgan fingerprint density at radius 2 is 1.92 bits per heavy atom. The molecule has 0 unspecified atom stereocenters. The van der Waals surface area contributed by atoms with Crippen molar-refractivity contribution >= 4 is 11.6 Å². The van der Waals surface area contributed by atoms with Crippen LogP contribution in [0.2, 0.25) is 0 Å². The minimum absolute atomic E-state index is 0.00359. The zero-order valence-electron chi connectivity index (χ0n) is 15.7. The van der Waals surface area contributed by atoms with Gasteiger partial charge in [0, 0.05) is 37.8 Å². The number of aryl methyl sites for hydroxylation is 1. The van der Waals surface area contributed by atoms with Crippen LogP contribution in [-0.2, 0) is 17.4 Å². The normalized spacial score (nSPS) is 16.2. The van der Waals surface area contributed by atoms with Crippen molar-refractivity contribution in [3.8, 4) is 0 Å². The van der Waals surface area contributed by atoms with E-state index in [1.165, 1.54) is 6.07 Å². The van der Waals surface area contributed by atoms with Gasteiger partial charge < -0.3 is 15.1 Å². The number of amides is 1. The molecular weight excluding hydrogens is 343 g/mol. The van der Waals surface area contributed by atoms with Crippen LogP contribution in [0.15, 0.2) is 18.2 Å². The average Bonchev–Trinajstić information content (AvgIpc) is 2.60. The molecule has 1 fully saturated rings. The van der Waals surface area contributed by atoms with Gasteiger partial charge in [0.1, 0.15) is 0 Å². The topological polar surface area (TPSA) is 35.6 Å². The fraction of sp³-hybridized carbons (Fsp3) is 0.632. The molecule has 1 aliphatic heterocycles. The van der Waals surface area contributed by atoms with Crippen LogP contribution < -0.4 is 10.2 Å². The van der Waals surface area contributed by atoms with Crippen LogP contribution in [0, 0.1) is 5.92 Å². The lowest BCUT2D eigenvalue weighted by molar-refractivity contribution is -0.137. The molecule has 2 rings (SSSR count). The number of nitrogens with one attached hydrogen (secondary N) is 1. The van der Waals surface area contributed by atoms with Crippen molar-refractivity contribution in [2.75, 3.05) is 45.2 Å². The number of carbonyl (C=O) groups excluding carboxylic acids is 1. The summed E-state index contributed by atoms with van der Waals surface area (Å²) >= 11 is 0. The first-order chi connectivity index (χ1) is 12.2. The van der Waals surface area contributed by atoms with Crippen LogP contribution in [-0.4, -0.2) is 51.1 Å². The zero-order chi connectivity index (χ0) is 19.3. The molecule has 1 heterocycles. The van der Waals surface area contributed by atoms with E-state index in [2.05, 4.69) is 5.32 Å². The molecule has 1 aliphatic rings. The van der Waals surface area contributed by atoms with Gasteiger partial charge in [0.05, 0.1) is 5.56 Å². The third-order valence-electron chi connectivity index (χ3n) is 4.84. The van der Waals surface area contributed by atoms with Crippen LogP contribution in [0.4, 0.5) is 18.9 Å². The summed E-state index contributed by atoms with van der Waals surface area (Å²) in [7, 11) is 3.87. The van der Waals surface area contributed by atoms with E-state index in [-0.39, 0.29) is 17.5 Å². The van der Waals surface area contributed by atoms with Crippen molar-refractivity contribution in [1.29, 1.82) is 0 Å². The number of nitrogens with zero attached hydrogens (tertiary/aromatic N) is 2. The largest absolute Gasteiger partial charge is 0.418 e. The Bertz CT molecular complexity index is 609. The lowest BCUT2D eigenvalue weighted by atomic mass is 9.94. The number of alkyl halides is 3. The van der Waals surface area contributed by atoms with Gasteiger partial charge in [-0.1, -0.05) is 13.0 Å². The van der Waals surface area contributed by atoms with Crippen molar-refractivity contribution in [2.24, 2.45) is 5.92 Å². The van der Waals surface area contributed by atoms with Crippen LogP contribution in [0.5, 0.6) is 0 Å². The fourth-order valence-electron chi connectivity index (χ4n) is 3.24. The van der Waals surface area contributed by atoms with E-state index in [9.17, 15) is 18.0 Å². The third-order valence-corrected chi connectivity index (χ3v) is 4.84. The quantitative estimate of drug-likeness (QED) is 0.834. The van der Waals surface area contributed by atoms with Gasteiger partial charge in [0.2, 0.25) is 5.91 Å². The molecule has 0 saturated carbocycles. The van der Waals surface area contributed by atoms with E-state index in [4.69, 9.17) is 0 Å². The number of halogens is 3. The number of hydrogen-bond donors (Lipinski definition) is 1. The lowest BCUT2D eigenvalue weighted by Crippen LogP contribution is -2.42. The van der Waals surface area contributed by atoms with Gasteiger partial charge in [-0.15, -0.1) is 0 Å². The predicted octanol–water partition coefficient (Wildman–Crippen LogP) is 3.16. The molecule has 1 aromatic rings. The smallest absolute Gasteiger partial charge is 0.371 e. The molecule has 7 heteroatoms. The molecule has 0 radical (unpaired) electrons. The maximum absolute atomic E-state index is 13.4. The highest BCUT2D eigenvalue weighted by Crippen LogP contribution is 2.38. The third kappa shape index (κ3) is 5.37. The molecule has 0 spiro atoms. The van der Waals surface area contributed by atoms with Crippen molar-refractivity contribution in [2.45, 2.75) is 32.4 Å². The molecule has 0 bridgehead atoms. The van der Waals surface area contributed by atoms with Gasteiger partial charge in [0.15, 0.2) is 0 Å². The van der Waals surface area contributed by atoms with E-state index in [0.717, 1.165) is 6.54 Å². The average molecular weight is 371 g/mol. The Morgan fingerprint density at radius 1 is 1.27 bits per heavy atom. The maximum atomic E-state index is 13.4. The number of carbonyl (C=O) groups is 1. The highest BCUT2D eigenvalue weighted by atomic mass is 19.4. The first kappa shape index (κ1) is 20.6. The molecule has 1 saturated heterocycles. The van der Waals surface area contributed by atoms with Gasteiger partial charge >= 0.3 is 6.18 Å². The summed E-state index contributed by atoms with van der Waals surface area (Å²) in [6, 6.07) is 4.57. The van der Waals surface area contributed by atoms with Crippen molar-refractivity contribution in [3.05, 3.63) is 29.3 Å². The summed E-state index contributed by atoms with van der Waals surface area (Å²) in [6.45, 7) is 4.11. The van der Waals surface area contributed by atoms with Crippen molar-refractivity contribution in [1.82, 2.24) is 10.2 Å². The maximum Gasteiger partial charge on any atom is 0.418 e. The molecule has 1 aromatic carbocycles. The molecule has 1 amide bonds. The van der Waals surface area contributed by atoms with Crippen molar-refractivity contribution in [3.63, 3.8) is 0 Å². The Balaban J connectivity index is 2.00. The molecule has 0 aromatic heterocycles. The minimum Gasteiger partial charge on any atom is -0.371 e. The van der Waals surface area contributed by atoms with Crippen molar-refractivity contribution < 1.29 is 18.0 Å². The number of benzene rings is 1. The second-order valence-corrected chi connectivity index (χ2v) is 7.06. The molecule has 4 nitrogen and oxygen atoms in total. The Hall–Kier alpha value is -1.76. The van der Waals surface area contributed by atoms with E-state index < -0.39 is 11.7 Å². The Labute approximate surface area is 153 Å². The van der Waals surface area contributed by atoms with Crippen LogP contribution in [0.1, 0.15) is 30.9 Å². The van der Waals surface area contributed by atoms with Gasteiger partial charge in [-0.25, -0.2) is 0 Å². The number of likely N-dealkylation sites (N-methyl/N-ethyl adjacent to an activating group) is 1. The molecular formula is C19H28F3N3O. The Morgan fingerprint density at radius 3 is 2.46 bits per heavy atom. The SMILES string of the molecule is CCc1ccc(N2CCC(C(=O)NCCN(C)C)CC2)c(C(F)(F)F)c1. The van der Waals surface area contributed by atoms with Gasteiger partial charge in [-0.05, 0) is 51.1 Å². The standard InChI is InChI=1S/C19H28F3N3O/c1-4-14-5-6-17(16(13-14)19(20,21)22)25-10-7-15(8-11-25)18(26)23-9-12-24(2)3/h5-6,13,15H,4,7-12H2,1-3H3,(H,23,26). The van der Waals surface area contributed by atoms with Crippen LogP contribution in [0.25, 0.3) is 0 Å². The zero-order valence-corrected chi connectivity index (χ0v) is 15.7. The molecule has 146 valence electrons. The van der Waals surface area contributed by atoms with E-state index >= 15 is 0 Å². The highest BCUT2D eigenvalue weighted by Gasteiger charge is 2.36. The highest BCUT2D eigenvalue weighted by molar-refractivity contribution is 5.79. The predicted molar refractivity (Wildman–Crippen MR) is 97.3 cm³/mol. The van der Waals surface area contributed by atoms with Crippen LogP contribution in [0.3, 0.4) is 0 Å².